The molecule has 4 rings (SSSR count). The van der Waals surface area contributed by atoms with Crippen molar-refractivity contribution in [1.29, 1.82) is 0 Å². The number of benzene rings is 2. The van der Waals surface area contributed by atoms with Gasteiger partial charge in [0.1, 0.15) is 0 Å². The number of rotatable bonds is 6. The maximum absolute atomic E-state index is 12.8. The number of nitrogens with one attached hydrogen (secondary N) is 1. The molecule has 0 bridgehead atoms. The minimum absolute atomic E-state index is 0.165. The van der Waals surface area contributed by atoms with Crippen molar-refractivity contribution in [2.75, 3.05) is 19.6 Å². The molecule has 1 fully saturated rings. The van der Waals surface area contributed by atoms with Crippen molar-refractivity contribution in [2.45, 2.75) is 39.2 Å². The molecule has 1 aromatic heterocycles. The van der Waals surface area contributed by atoms with E-state index in [0.717, 1.165) is 18.7 Å². The molecule has 2 heterocycles. The van der Waals surface area contributed by atoms with E-state index in [9.17, 15) is 4.79 Å². The first-order valence-electron chi connectivity index (χ1n) is 10.7. The fourth-order valence-electron chi connectivity index (χ4n) is 3.99. The van der Waals surface area contributed by atoms with E-state index >= 15 is 0 Å². The summed E-state index contributed by atoms with van der Waals surface area (Å²) in [4.78, 5) is 15.2. The zero-order chi connectivity index (χ0) is 20.9. The second-order valence-corrected chi connectivity index (χ2v) is 8.18. The monoisotopic (exact) mass is 403 g/mol. The Labute approximate surface area is 178 Å². The average molecular weight is 404 g/mol. The van der Waals surface area contributed by atoms with Crippen LogP contribution < -0.4 is 5.32 Å². The van der Waals surface area contributed by atoms with Crippen molar-refractivity contribution < 1.29 is 9.32 Å². The summed E-state index contributed by atoms with van der Waals surface area (Å²) in [5.74, 6) is 0.400. The second-order valence-electron chi connectivity index (χ2n) is 8.18. The van der Waals surface area contributed by atoms with Crippen LogP contribution >= 0.6 is 0 Å². The molecule has 5 heteroatoms. The summed E-state index contributed by atoms with van der Waals surface area (Å²) in [6, 6.07) is 18.5. The third-order valence-electron chi connectivity index (χ3n) is 5.83. The van der Waals surface area contributed by atoms with Gasteiger partial charge in [0.05, 0.1) is 6.04 Å². The predicted octanol–water partition coefficient (Wildman–Crippen LogP) is 4.92. The third kappa shape index (κ3) is 4.79. The van der Waals surface area contributed by atoms with Crippen molar-refractivity contribution in [3.05, 3.63) is 77.0 Å². The number of nitrogens with zero attached hydrogens (tertiary/aromatic N) is 2. The molecule has 0 saturated carbocycles. The number of carbonyl (C=O) groups excluding carboxylic acids is 1. The topological polar surface area (TPSA) is 58.4 Å². The molecule has 0 radical (unpaired) electrons. The summed E-state index contributed by atoms with van der Waals surface area (Å²) in [5.41, 5.74) is 4.88. The number of carbonyl (C=O) groups is 1. The SMILES string of the molecule is Cc1ccc(-c2cc(C(=O)NC[C@H](c3ccc(C)cc3)N3CCCCC3)no2)cc1. The molecule has 1 N–H and O–H groups in total. The minimum Gasteiger partial charge on any atom is -0.355 e. The first kappa shape index (κ1) is 20.4. The number of aromatic nitrogens is 1. The molecule has 30 heavy (non-hydrogen) atoms. The van der Waals surface area contributed by atoms with Crippen molar-refractivity contribution in [1.82, 2.24) is 15.4 Å². The van der Waals surface area contributed by atoms with E-state index < -0.39 is 0 Å². The molecule has 156 valence electrons. The molecule has 1 aliphatic heterocycles. The van der Waals surface area contributed by atoms with Gasteiger partial charge in [0.15, 0.2) is 11.5 Å². The van der Waals surface area contributed by atoms with Gasteiger partial charge in [0.25, 0.3) is 5.91 Å². The Kier molecular flexibility index (Phi) is 6.29. The van der Waals surface area contributed by atoms with Crippen molar-refractivity contribution in [2.24, 2.45) is 0 Å². The molecule has 1 atom stereocenters. The van der Waals surface area contributed by atoms with Gasteiger partial charge in [-0.2, -0.15) is 0 Å². The highest BCUT2D eigenvalue weighted by Crippen LogP contribution is 2.25. The molecular formula is C25H29N3O2. The quantitative estimate of drug-likeness (QED) is 0.635. The highest BCUT2D eigenvalue weighted by atomic mass is 16.5. The van der Waals surface area contributed by atoms with Crippen molar-refractivity contribution in [3.8, 4) is 11.3 Å². The van der Waals surface area contributed by atoms with Crippen LogP contribution in [0.3, 0.4) is 0 Å². The molecule has 0 aliphatic carbocycles. The summed E-state index contributed by atoms with van der Waals surface area (Å²) in [6.45, 7) is 6.81. The van der Waals surface area contributed by atoms with Crippen molar-refractivity contribution in [3.63, 3.8) is 0 Å². The van der Waals surface area contributed by atoms with Crippen LogP contribution in [-0.4, -0.2) is 35.6 Å². The van der Waals surface area contributed by atoms with Gasteiger partial charge in [-0.3, -0.25) is 9.69 Å². The lowest BCUT2D eigenvalue weighted by atomic mass is 10.0. The van der Waals surface area contributed by atoms with E-state index in [0.29, 0.717) is 18.0 Å². The zero-order valence-electron chi connectivity index (χ0n) is 17.7. The van der Waals surface area contributed by atoms with Crippen LogP contribution in [0.5, 0.6) is 0 Å². The standard InChI is InChI=1S/C25H29N3O2/c1-18-6-10-20(11-7-18)23(28-14-4-3-5-15-28)17-26-25(29)22-16-24(30-27-22)21-12-8-19(2)9-13-21/h6-13,16,23H,3-5,14-15,17H2,1-2H3,(H,26,29)/t23-/m1/s1. The molecular weight excluding hydrogens is 374 g/mol. The lowest BCUT2D eigenvalue weighted by Crippen LogP contribution is -2.40. The Morgan fingerprint density at radius 1 is 1.00 bits per heavy atom. The van der Waals surface area contributed by atoms with Crippen LogP contribution in [0.1, 0.15) is 52.5 Å². The van der Waals surface area contributed by atoms with E-state index in [1.807, 2.05) is 31.2 Å². The van der Waals surface area contributed by atoms with Crippen molar-refractivity contribution >= 4 is 5.91 Å². The van der Waals surface area contributed by atoms with Gasteiger partial charge in [0, 0.05) is 18.2 Å². The number of aryl methyl sites for hydroxylation is 2. The largest absolute Gasteiger partial charge is 0.355 e. The highest BCUT2D eigenvalue weighted by Gasteiger charge is 2.24. The fourth-order valence-corrected chi connectivity index (χ4v) is 3.99. The van der Waals surface area contributed by atoms with Gasteiger partial charge >= 0.3 is 0 Å². The fraction of sp³-hybridized carbons (Fsp3) is 0.360. The van der Waals surface area contributed by atoms with Gasteiger partial charge in [0.2, 0.25) is 0 Å². The molecule has 3 aromatic rings. The van der Waals surface area contributed by atoms with Gasteiger partial charge in [-0.15, -0.1) is 0 Å². The molecule has 0 spiro atoms. The van der Waals surface area contributed by atoms with E-state index in [1.54, 1.807) is 6.07 Å². The van der Waals surface area contributed by atoms with E-state index in [1.165, 1.54) is 36.0 Å². The smallest absolute Gasteiger partial charge is 0.273 e. The normalized spacial score (nSPS) is 15.7. The summed E-state index contributed by atoms with van der Waals surface area (Å²) in [5, 5.41) is 7.07. The Morgan fingerprint density at radius 2 is 1.63 bits per heavy atom. The highest BCUT2D eigenvalue weighted by molar-refractivity contribution is 5.93. The molecule has 1 saturated heterocycles. The minimum atomic E-state index is -0.203. The van der Waals surface area contributed by atoms with Crippen LogP contribution in [0, 0.1) is 13.8 Å². The number of likely N-dealkylation sites (tertiary alicyclic amines) is 1. The predicted molar refractivity (Wildman–Crippen MR) is 118 cm³/mol. The number of amides is 1. The first-order valence-corrected chi connectivity index (χ1v) is 10.7. The van der Waals surface area contributed by atoms with Crippen LogP contribution in [0.2, 0.25) is 0 Å². The average Bonchev–Trinajstić information content (AvgIpc) is 3.27. The zero-order valence-corrected chi connectivity index (χ0v) is 17.7. The molecule has 2 aromatic carbocycles. The summed E-state index contributed by atoms with van der Waals surface area (Å²) < 4.78 is 5.41. The lowest BCUT2D eigenvalue weighted by molar-refractivity contribution is 0.0915. The van der Waals surface area contributed by atoms with Gasteiger partial charge in [-0.1, -0.05) is 71.2 Å². The Bertz CT molecular complexity index is 970. The number of hydrogen-bond acceptors (Lipinski definition) is 4. The molecule has 0 unspecified atom stereocenters. The van der Waals surface area contributed by atoms with Crippen LogP contribution in [0.25, 0.3) is 11.3 Å². The maximum atomic E-state index is 12.8. The number of piperidine rings is 1. The van der Waals surface area contributed by atoms with Gasteiger partial charge in [-0.05, 0) is 45.3 Å². The van der Waals surface area contributed by atoms with Gasteiger partial charge < -0.3 is 9.84 Å². The van der Waals surface area contributed by atoms with Crippen LogP contribution in [0.4, 0.5) is 0 Å². The van der Waals surface area contributed by atoms with E-state index in [4.69, 9.17) is 4.52 Å². The summed E-state index contributed by atoms with van der Waals surface area (Å²) in [7, 11) is 0. The molecule has 5 nitrogen and oxygen atoms in total. The Balaban J connectivity index is 1.45. The molecule has 1 aliphatic rings. The van der Waals surface area contributed by atoms with E-state index in [2.05, 4.69) is 46.6 Å². The molecule has 1 amide bonds. The van der Waals surface area contributed by atoms with Gasteiger partial charge in [-0.25, -0.2) is 0 Å². The Hall–Kier alpha value is -2.92. The Morgan fingerprint density at radius 3 is 2.30 bits per heavy atom. The van der Waals surface area contributed by atoms with E-state index in [-0.39, 0.29) is 11.9 Å². The number of hydrogen-bond donors (Lipinski definition) is 1. The van der Waals surface area contributed by atoms with Crippen LogP contribution in [0.15, 0.2) is 59.1 Å². The summed E-state index contributed by atoms with van der Waals surface area (Å²) in [6.07, 6.45) is 3.70. The second kappa shape index (κ2) is 9.26. The lowest BCUT2D eigenvalue weighted by Gasteiger charge is -2.35. The maximum Gasteiger partial charge on any atom is 0.273 e. The van der Waals surface area contributed by atoms with Crippen LogP contribution in [-0.2, 0) is 0 Å². The third-order valence-corrected chi connectivity index (χ3v) is 5.83. The first-order chi connectivity index (χ1) is 14.6. The summed E-state index contributed by atoms with van der Waals surface area (Å²) >= 11 is 0.